The Morgan fingerprint density at radius 1 is 1.00 bits per heavy atom. The van der Waals surface area contributed by atoms with E-state index in [-0.39, 0.29) is 22.7 Å². The van der Waals surface area contributed by atoms with Gasteiger partial charge in [-0.25, -0.2) is 0 Å². The highest BCUT2D eigenvalue weighted by molar-refractivity contribution is 9.10. The van der Waals surface area contributed by atoms with Crippen molar-refractivity contribution in [2.45, 2.75) is 71.6 Å². The van der Waals surface area contributed by atoms with E-state index in [1.807, 2.05) is 0 Å². The lowest BCUT2D eigenvalue weighted by Crippen LogP contribution is -2.38. The molecule has 172 valence electrons. The summed E-state index contributed by atoms with van der Waals surface area (Å²) in [5.41, 5.74) is 3.06. The predicted octanol–water partition coefficient (Wildman–Crippen LogP) is 8.29. The molecule has 0 saturated heterocycles. The number of hydrogen-bond donors (Lipinski definition) is 1. The summed E-state index contributed by atoms with van der Waals surface area (Å²) in [4.78, 5) is 9.52. The fraction of sp³-hybridized carbons (Fsp3) is 0.500. The Morgan fingerprint density at radius 2 is 1.58 bits per heavy atom. The van der Waals surface area contributed by atoms with E-state index in [0.29, 0.717) is 0 Å². The fourth-order valence-corrected chi connectivity index (χ4v) is 4.46. The average Bonchev–Trinajstić information content (AvgIpc) is 2.67. The average molecular weight is 510 g/mol. The topological polar surface area (TPSA) is 46.5 Å². The van der Waals surface area contributed by atoms with Crippen LogP contribution in [-0.2, 0) is 14.4 Å². The van der Waals surface area contributed by atoms with Crippen molar-refractivity contribution < 1.29 is 14.1 Å². The van der Waals surface area contributed by atoms with Gasteiger partial charge in [-0.2, -0.15) is 0 Å². The molecule has 0 bridgehead atoms. The van der Waals surface area contributed by atoms with Gasteiger partial charge >= 0.3 is 0 Å². The van der Waals surface area contributed by atoms with E-state index in [1.54, 1.807) is 0 Å². The molecule has 0 saturated carbocycles. The van der Waals surface area contributed by atoms with Crippen LogP contribution in [0.3, 0.4) is 0 Å². The lowest BCUT2D eigenvalue weighted by Gasteiger charge is -2.44. The van der Waals surface area contributed by atoms with Crippen molar-refractivity contribution in [3.8, 4) is 0 Å². The zero-order valence-electron chi connectivity index (χ0n) is 19.9. The van der Waals surface area contributed by atoms with Gasteiger partial charge < -0.3 is 9.29 Å². The van der Waals surface area contributed by atoms with Gasteiger partial charge in [0.05, 0.1) is 6.61 Å². The van der Waals surface area contributed by atoms with E-state index in [4.69, 9.17) is 14.1 Å². The van der Waals surface area contributed by atoms with Gasteiger partial charge in [0.2, 0.25) is 0 Å². The minimum atomic E-state index is -0.250. The first-order chi connectivity index (χ1) is 14.3. The molecular weight excluding hydrogens is 472 g/mol. The minimum absolute atomic E-state index is 0.0954. The van der Waals surface area contributed by atoms with Gasteiger partial charge in [0.15, 0.2) is 0 Å². The molecule has 0 aromatic heterocycles. The van der Waals surface area contributed by atoms with Crippen LogP contribution in [-0.4, -0.2) is 18.2 Å². The first-order valence-corrected chi connectivity index (χ1v) is 12.1. The highest BCUT2D eigenvalue weighted by atomic mass is 79.9. The summed E-state index contributed by atoms with van der Waals surface area (Å²) in [5, 5.41) is 6.89. The third-order valence-electron chi connectivity index (χ3n) is 6.04. The number of carbonyl (C=O) groups is 1. The van der Waals surface area contributed by atoms with Gasteiger partial charge in [0.1, 0.15) is 0 Å². The number of halogens is 1. The molecule has 0 amide bonds. The summed E-state index contributed by atoms with van der Waals surface area (Å²) in [6, 6.07) is 17.3. The largest absolute Gasteiger partial charge is 0.483 e. The predicted molar refractivity (Wildman–Crippen MR) is 136 cm³/mol. The number of hydrogen-bond acceptors (Lipinski definition) is 3. The van der Waals surface area contributed by atoms with Crippen LogP contribution in [0.25, 0.3) is 0 Å². The van der Waals surface area contributed by atoms with Crippen LogP contribution < -0.4 is 0 Å². The summed E-state index contributed by atoms with van der Waals surface area (Å²) in [7, 11) is 0. The first kappa shape index (κ1) is 27.7. The van der Waals surface area contributed by atoms with Crippen molar-refractivity contribution in [1.82, 2.24) is 0 Å². The monoisotopic (exact) mass is 508 g/mol. The molecule has 2 rings (SSSR count). The third kappa shape index (κ3) is 8.99. The Kier molecular flexibility index (Phi) is 10.8. The fourth-order valence-electron chi connectivity index (χ4n) is 3.30. The number of aryl methyl sites for hydroxylation is 1. The molecule has 1 N–H and O–H groups in total. The van der Waals surface area contributed by atoms with Crippen molar-refractivity contribution in [2.75, 3.05) is 6.61 Å². The maximum atomic E-state index is 8.36. The van der Waals surface area contributed by atoms with Gasteiger partial charge in [-0.3, -0.25) is 4.79 Å². The van der Waals surface area contributed by atoms with E-state index >= 15 is 0 Å². The third-order valence-corrected chi connectivity index (χ3v) is 7.24. The van der Waals surface area contributed by atoms with E-state index in [9.17, 15) is 0 Å². The van der Waals surface area contributed by atoms with Crippen molar-refractivity contribution in [3.05, 3.63) is 64.1 Å². The van der Waals surface area contributed by atoms with Gasteiger partial charge in [0.25, 0.3) is 6.47 Å². The highest BCUT2D eigenvalue weighted by Gasteiger charge is 2.40. The van der Waals surface area contributed by atoms with Crippen LogP contribution in [0.2, 0.25) is 0 Å². The molecule has 5 heteroatoms. The number of benzene rings is 2. The first-order valence-electron chi connectivity index (χ1n) is 10.5. The molecule has 1 unspecified atom stereocenters. The van der Waals surface area contributed by atoms with Crippen LogP contribution in [0.1, 0.15) is 65.5 Å². The summed E-state index contributed by atoms with van der Waals surface area (Å²) < 4.78 is 7.16. The Bertz CT molecular complexity index is 812. The molecule has 1 atom stereocenters. The molecule has 0 aliphatic heterocycles. The van der Waals surface area contributed by atoms with Gasteiger partial charge in [-0.15, -0.1) is 0 Å². The normalized spacial score (nSPS) is 13.7. The van der Waals surface area contributed by atoms with Crippen LogP contribution in [0.4, 0.5) is 0 Å². The van der Waals surface area contributed by atoms with Crippen LogP contribution in [0.15, 0.2) is 57.9 Å². The molecule has 0 radical (unpaired) electrons. The van der Waals surface area contributed by atoms with E-state index in [1.165, 1.54) is 23.2 Å². The zero-order chi connectivity index (χ0) is 23.7. The lowest BCUT2D eigenvalue weighted by atomic mass is 9.60. The molecule has 2 aromatic carbocycles. The molecule has 0 heterocycles. The van der Waals surface area contributed by atoms with Crippen molar-refractivity contribution in [3.63, 3.8) is 0 Å². The maximum absolute atomic E-state index is 8.36. The Labute approximate surface area is 201 Å². The van der Waals surface area contributed by atoms with Crippen LogP contribution in [0, 0.1) is 17.8 Å². The number of rotatable bonds is 8. The molecule has 0 aliphatic rings. The van der Waals surface area contributed by atoms with Crippen molar-refractivity contribution in [1.29, 1.82) is 0 Å². The van der Waals surface area contributed by atoms with Crippen LogP contribution >= 0.6 is 28.0 Å². The molecule has 3 nitrogen and oxygen atoms in total. The SMILES string of the molecule is Cc1ccc(SOCC(C)(C)CCC(C)(c2cccc(Br)c2)C(C)(C)C)cc1.O=CO. The zero-order valence-corrected chi connectivity index (χ0v) is 22.3. The van der Waals surface area contributed by atoms with E-state index in [2.05, 4.69) is 113 Å². The molecule has 0 spiro atoms. The smallest absolute Gasteiger partial charge is 0.290 e. The lowest BCUT2D eigenvalue weighted by molar-refractivity contribution is -0.122. The summed E-state index contributed by atoms with van der Waals surface area (Å²) in [6.07, 6.45) is 2.24. The highest BCUT2D eigenvalue weighted by Crippen LogP contribution is 2.47. The summed E-state index contributed by atoms with van der Waals surface area (Å²) in [6.45, 7) is 16.7. The Hall–Kier alpha value is -1.30. The second-order valence-corrected chi connectivity index (χ2v) is 11.8. The quantitative estimate of drug-likeness (QED) is 0.287. The van der Waals surface area contributed by atoms with Gasteiger partial charge in [-0.05, 0) is 65.8 Å². The maximum Gasteiger partial charge on any atom is 0.290 e. The second-order valence-electron chi connectivity index (χ2n) is 10.0. The molecule has 2 aromatic rings. The Morgan fingerprint density at radius 3 is 2.10 bits per heavy atom. The van der Waals surface area contributed by atoms with Crippen LogP contribution in [0.5, 0.6) is 0 Å². The summed E-state index contributed by atoms with van der Waals surface area (Å²) >= 11 is 5.14. The minimum Gasteiger partial charge on any atom is -0.483 e. The van der Waals surface area contributed by atoms with Crippen molar-refractivity contribution >= 4 is 34.4 Å². The molecular formula is C26H37BrO3S. The van der Waals surface area contributed by atoms with E-state index < -0.39 is 0 Å². The second kappa shape index (κ2) is 12.1. The Balaban J connectivity index is 0.00000151. The molecule has 0 fully saturated rings. The van der Waals surface area contributed by atoms with Gasteiger partial charge in [0, 0.05) is 21.4 Å². The number of carboxylic acid groups (broad SMARTS) is 1. The molecule has 31 heavy (non-hydrogen) atoms. The summed E-state index contributed by atoms with van der Waals surface area (Å²) in [5.74, 6) is 0. The van der Waals surface area contributed by atoms with E-state index in [0.717, 1.165) is 28.8 Å². The molecule has 0 aliphatic carbocycles. The standard InChI is InChI=1S/C25H35BrOS.CH2O2/c1-19-11-13-22(14-12-19)28-27-18-24(5,6)15-16-25(7,23(2,3)4)20-9-8-10-21(26)17-20;2-1-3/h8-14,17H,15-16,18H2,1-7H3;1H,(H,2,3). The van der Waals surface area contributed by atoms with Crippen molar-refractivity contribution in [2.24, 2.45) is 10.8 Å². The van der Waals surface area contributed by atoms with Gasteiger partial charge in [-0.1, -0.05) is 87.3 Å².